The van der Waals surface area contributed by atoms with Gasteiger partial charge in [-0.25, -0.2) is 4.98 Å². The Labute approximate surface area is 227 Å². The van der Waals surface area contributed by atoms with Crippen LogP contribution in [0.25, 0.3) is 28.2 Å². The highest BCUT2D eigenvalue weighted by Gasteiger charge is 2.34. The van der Waals surface area contributed by atoms with E-state index in [0.29, 0.717) is 29.4 Å². The van der Waals surface area contributed by atoms with Crippen molar-refractivity contribution in [1.29, 1.82) is 0 Å². The molecule has 3 saturated heterocycles. The maximum Gasteiger partial charge on any atom is 0.260 e. The summed E-state index contributed by atoms with van der Waals surface area (Å²) >= 11 is 0. The second kappa shape index (κ2) is 11.1. The van der Waals surface area contributed by atoms with Crippen LogP contribution in [-0.4, -0.2) is 63.9 Å². The number of nitrogens with one attached hydrogen (secondary N) is 3. The van der Waals surface area contributed by atoms with E-state index < -0.39 is 0 Å². The van der Waals surface area contributed by atoms with Crippen molar-refractivity contribution in [2.24, 2.45) is 11.7 Å². The van der Waals surface area contributed by atoms with E-state index in [9.17, 15) is 9.59 Å². The summed E-state index contributed by atoms with van der Waals surface area (Å²) in [6.07, 6.45) is 6.99. The average molecular weight is 526 g/mol. The fraction of sp³-hybridized carbons (Fsp3) is 0.367. The summed E-state index contributed by atoms with van der Waals surface area (Å²) in [6, 6.07) is 15.7. The molecule has 0 saturated carbocycles. The fourth-order valence-corrected chi connectivity index (χ4v) is 5.73. The van der Waals surface area contributed by atoms with Crippen molar-refractivity contribution in [2.75, 3.05) is 32.7 Å². The minimum atomic E-state index is -0.187. The molecular weight excluding hydrogens is 490 g/mol. The number of carbonyl (C=O) groups is 1. The topological polar surface area (TPSA) is 121 Å². The van der Waals surface area contributed by atoms with Crippen LogP contribution in [0.5, 0.6) is 0 Å². The predicted octanol–water partition coefficient (Wildman–Crippen LogP) is 2.62. The monoisotopic (exact) mass is 525 g/mol. The number of piperidine rings is 3. The molecule has 1 unspecified atom stereocenters. The van der Waals surface area contributed by atoms with Crippen LogP contribution in [0.3, 0.4) is 0 Å². The highest BCUT2D eigenvalue weighted by molar-refractivity contribution is 5.94. The largest absolute Gasteiger partial charge is 0.348 e. The van der Waals surface area contributed by atoms with Gasteiger partial charge in [0.25, 0.3) is 11.5 Å². The second-order valence-corrected chi connectivity index (χ2v) is 10.7. The lowest BCUT2D eigenvalue weighted by molar-refractivity contribution is 0.0620. The molecule has 3 fully saturated rings. The molecule has 1 amide bonds. The number of hydrogen-bond donors (Lipinski definition) is 4. The minimum Gasteiger partial charge on any atom is -0.348 e. The summed E-state index contributed by atoms with van der Waals surface area (Å²) in [5, 5.41) is 6.61. The summed E-state index contributed by atoms with van der Waals surface area (Å²) < 4.78 is 1.84. The van der Waals surface area contributed by atoms with Gasteiger partial charge in [0.05, 0.1) is 11.3 Å². The first kappa shape index (κ1) is 25.5. The molecule has 9 nitrogen and oxygen atoms in total. The molecule has 3 aliphatic heterocycles. The Morgan fingerprint density at radius 3 is 2.46 bits per heavy atom. The van der Waals surface area contributed by atoms with Crippen LogP contribution in [0.4, 0.5) is 0 Å². The molecule has 4 aromatic rings. The number of benzene rings is 2. The summed E-state index contributed by atoms with van der Waals surface area (Å²) in [7, 11) is 0. The number of H-pyrrole nitrogens is 1. The number of rotatable bonds is 9. The summed E-state index contributed by atoms with van der Waals surface area (Å²) in [5.74, 6) is 1.04. The second-order valence-electron chi connectivity index (χ2n) is 10.7. The van der Waals surface area contributed by atoms with Gasteiger partial charge in [-0.1, -0.05) is 36.4 Å². The molecule has 2 aromatic heterocycles. The van der Waals surface area contributed by atoms with Crippen molar-refractivity contribution in [2.45, 2.75) is 31.8 Å². The van der Waals surface area contributed by atoms with Gasteiger partial charge >= 0.3 is 0 Å². The molecule has 0 aliphatic carbocycles. The number of nitrogens with zero attached hydrogens (tertiary/aromatic N) is 3. The molecule has 3 aliphatic rings. The molecule has 7 rings (SSSR count). The van der Waals surface area contributed by atoms with E-state index in [1.165, 1.54) is 12.8 Å². The smallest absolute Gasteiger partial charge is 0.260 e. The molecule has 202 valence electrons. The Bertz CT molecular complexity index is 1500. The molecule has 9 heteroatoms. The van der Waals surface area contributed by atoms with E-state index in [2.05, 4.69) is 25.5 Å². The van der Waals surface area contributed by atoms with E-state index >= 15 is 0 Å². The lowest BCUT2D eigenvalue weighted by Gasteiger charge is -2.44. The number of aromatic nitrogens is 3. The molecule has 5 heterocycles. The first-order valence-electron chi connectivity index (χ1n) is 13.8. The van der Waals surface area contributed by atoms with Gasteiger partial charge in [-0.05, 0) is 74.6 Å². The van der Waals surface area contributed by atoms with Gasteiger partial charge in [-0.2, -0.15) is 0 Å². The Morgan fingerprint density at radius 1 is 1.03 bits per heavy atom. The molecule has 1 atom stereocenters. The van der Waals surface area contributed by atoms with Crippen LogP contribution in [-0.2, 0) is 6.54 Å². The van der Waals surface area contributed by atoms with Crippen molar-refractivity contribution in [3.05, 3.63) is 82.4 Å². The van der Waals surface area contributed by atoms with E-state index in [1.54, 1.807) is 0 Å². The maximum atomic E-state index is 12.9. The van der Waals surface area contributed by atoms with Crippen LogP contribution in [0.1, 0.15) is 35.2 Å². The Kier molecular flexibility index (Phi) is 7.28. The standard InChI is InChI=1S/C30H35N7O2/c31-12-1-13-32-16-20-2-4-21(5-3-20)25-17-37-19-27(34-30(37)35-29(25)39)22-6-8-24(9-7-22)28(38)33-26-18-36-14-10-23(26)11-15-36/h2-9,17,19,23,26,32H,1,10-16,18,31H2,(H,33,38)(H,34,35,39). The summed E-state index contributed by atoms with van der Waals surface area (Å²) in [4.78, 5) is 35.7. The van der Waals surface area contributed by atoms with E-state index in [0.717, 1.165) is 61.5 Å². The molecule has 5 N–H and O–H groups in total. The van der Waals surface area contributed by atoms with Crippen molar-refractivity contribution < 1.29 is 4.79 Å². The third-order valence-electron chi connectivity index (χ3n) is 8.04. The molecular formula is C30H35N7O2. The third kappa shape index (κ3) is 5.52. The predicted molar refractivity (Wildman–Crippen MR) is 152 cm³/mol. The third-order valence-corrected chi connectivity index (χ3v) is 8.04. The molecule has 39 heavy (non-hydrogen) atoms. The number of fused-ring (bicyclic) bond motifs is 4. The molecule has 2 aromatic carbocycles. The number of imidazole rings is 1. The average Bonchev–Trinajstić information content (AvgIpc) is 3.39. The van der Waals surface area contributed by atoms with Crippen molar-refractivity contribution >= 4 is 11.7 Å². The van der Waals surface area contributed by atoms with E-state index in [4.69, 9.17) is 5.73 Å². The van der Waals surface area contributed by atoms with Gasteiger partial charge in [0.1, 0.15) is 0 Å². The Hall–Kier alpha value is -3.79. The normalized spacial score (nSPS) is 20.4. The molecule has 2 bridgehead atoms. The SMILES string of the molecule is NCCCNCc1ccc(-c2cn3cc(-c4ccc(C(=O)NC5CN6CCC5CC6)cc4)nc3[nH]c2=O)cc1. The van der Waals surface area contributed by atoms with Crippen LogP contribution in [0.15, 0.2) is 65.7 Å². The highest BCUT2D eigenvalue weighted by atomic mass is 16.1. The quantitative estimate of drug-likeness (QED) is 0.249. The Balaban J connectivity index is 1.15. The number of carbonyl (C=O) groups excluding carboxylic acids is 1. The first-order valence-corrected chi connectivity index (χ1v) is 13.8. The minimum absolute atomic E-state index is 0.0263. The van der Waals surface area contributed by atoms with E-state index in [1.807, 2.05) is 65.3 Å². The highest BCUT2D eigenvalue weighted by Crippen LogP contribution is 2.28. The van der Waals surface area contributed by atoms with Gasteiger partial charge in [0, 0.05) is 42.7 Å². The fourth-order valence-electron chi connectivity index (χ4n) is 5.73. The first-order chi connectivity index (χ1) is 19.1. The van der Waals surface area contributed by atoms with Gasteiger partial charge in [-0.3, -0.25) is 19.0 Å². The zero-order chi connectivity index (χ0) is 26.8. The summed E-state index contributed by atoms with van der Waals surface area (Å²) in [6.45, 7) is 5.57. The number of hydrogen-bond acceptors (Lipinski definition) is 6. The summed E-state index contributed by atoms with van der Waals surface area (Å²) in [5.41, 5.74) is 10.2. The van der Waals surface area contributed by atoms with Crippen LogP contribution in [0.2, 0.25) is 0 Å². The number of amides is 1. The lowest BCUT2D eigenvalue weighted by atomic mass is 9.84. The number of nitrogens with two attached hydrogens (primary N) is 1. The van der Waals surface area contributed by atoms with Crippen LogP contribution < -0.4 is 21.9 Å². The molecule has 0 radical (unpaired) electrons. The maximum absolute atomic E-state index is 12.9. The zero-order valence-corrected chi connectivity index (χ0v) is 22.0. The number of aromatic amines is 1. The van der Waals surface area contributed by atoms with Gasteiger partial charge in [-0.15, -0.1) is 0 Å². The van der Waals surface area contributed by atoms with Crippen molar-refractivity contribution in [3.63, 3.8) is 0 Å². The Morgan fingerprint density at radius 2 is 1.77 bits per heavy atom. The molecule has 0 spiro atoms. The lowest BCUT2D eigenvalue weighted by Crippen LogP contribution is -2.57. The van der Waals surface area contributed by atoms with Gasteiger partial charge < -0.3 is 21.3 Å². The van der Waals surface area contributed by atoms with Crippen LogP contribution >= 0.6 is 0 Å². The van der Waals surface area contributed by atoms with Gasteiger partial charge in [0.2, 0.25) is 5.78 Å². The van der Waals surface area contributed by atoms with Crippen LogP contribution in [0, 0.1) is 5.92 Å². The van der Waals surface area contributed by atoms with E-state index in [-0.39, 0.29) is 17.5 Å². The van der Waals surface area contributed by atoms with Gasteiger partial charge in [0.15, 0.2) is 0 Å². The van der Waals surface area contributed by atoms with Crippen molar-refractivity contribution in [1.82, 2.24) is 29.9 Å². The van der Waals surface area contributed by atoms with Crippen molar-refractivity contribution in [3.8, 4) is 22.4 Å². The zero-order valence-electron chi connectivity index (χ0n) is 22.0.